The van der Waals surface area contributed by atoms with Gasteiger partial charge in [0.2, 0.25) is 0 Å². The summed E-state index contributed by atoms with van der Waals surface area (Å²) in [5.41, 5.74) is 16.7. The number of furan rings is 1. The van der Waals surface area contributed by atoms with E-state index < -0.39 is 0 Å². The molecule has 0 N–H and O–H groups in total. The number of nitrogens with zero attached hydrogens (tertiary/aromatic N) is 3. The number of benzene rings is 8. The highest BCUT2D eigenvalue weighted by Crippen LogP contribution is 2.61. The van der Waals surface area contributed by atoms with Crippen molar-refractivity contribution >= 4 is 96.6 Å². The molecule has 58 heavy (non-hydrogen) atoms. The summed E-state index contributed by atoms with van der Waals surface area (Å²) in [5, 5.41) is 2.22. The van der Waals surface area contributed by atoms with Gasteiger partial charge in [-0.3, -0.25) is 0 Å². The van der Waals surface area contributed by atoms with Gasteiger partial charge in [0.05, 0.1) is 34.1 Å². The van der Waals surface area contributed by atoms with Crippen molar-refractivity contribution in [1.82, 2.24) is 0 Å². The highest BCUT2D eigenvalue weighted by molar-refractivity contribution is 8.00. The molecule has 5 heterocycles. The van der Waals surface area contributed by atoms with Crippen LogP contribution in [-0.4, -0.2) is 0 Å². The molecule has 4 aliphatic rings. The Balaban J connectivity index is 0.994. The van der Waals surface area contributed by atoms with Crippen molar-refractivity contribution in [1.29, 1.82) is 0 Å². The van der Waals surface area contributed by atoms with Crippen molar-refractivity contribution in [2.24, 2.45) is 0 Å². The Hall–Kier alpha value is -6.34. The van der Waals surface area contributed by atoms with Crippen LogP contribution >= 0.6 is 23.5 Å². The normalized spacial score (nSPS) is 16.0. The summed E-state index contributed by atoms with van der Waals surface area (Å²) >= 11 is 3.78. The summed E-state index contributed by atoms with van der Waals surface area (Å²) in [5.74, 6) is 0.403. The van der Waals surface area contributed by atoms with Gasteiger partial charge in [-0.2, -0.15) is 0 Å². The summed E-state index contributed by atoms with van der Waals surface area (Å²) in [4.78, 5) is 12.7. The van der Waals surface area contributed by atoms with Gasteiger partial charge in [0, 0.05) is 47.4 Å². The largest absolute Gasteiger partial charge is 0.456 e. The van der Waals surface area contributed by atoms with E-state index in [1.807, 2.05) is 23.5 Å². The average molecular weight is 782 g/mol. The Labute approximate surface area is 345 Å². The Bertz CT molecular complexity index is 3170. The van der Waals surface area contributed by atoms with Crippen molar-refractivity contribution in [2.45, 2.75) is 44.8 Å². The third kappa shape index (κ3) is 4.79. The molecule has 1 aromatic heterocycles. The smallest absolute Gasteiger partial charge is 0.135 e. The molecule has 0 spiro atoms. The molecule has 0 saturated carbocycles. The van der Waals surface area contributed by atoms with E-state index in [-0.39, 0.29) is 0 Å². The molecule has 0 amide bonds. The standard InChI is InChI=1S/C52H35N3OS2/c1-7-19-48-33(11-1)29-32-23-26-37-41(17-9-21-49(37)57-48)53(40-13-3-2-12-36(32)40)34-24-27-46-38(30-34)39-31-35(25-28-47(39)56-46)54-42-14-4-5-15-43(42)55-44-16-6-8-20-50(44)58-51-22-10-18-45(54)52(51)55/h1-22,24-25,27-28,30-32H,23,26,29H2. The fourth-order valence-corrected chi connectivity index (χ4v) is 12.1. The third-order valence-electron chi connectivity index (χ3n) is 12.5. The molecule has 4 aliphatic heterocycles. The van der Waals surface area contributed by atoms with Crippen LogP contribution < -0.4 is 14.7 Å². The van der Waals surface area contributed by atoms with Gasteiger partial charge in [0.1, 0.15) is 11.2 Å². The lowest BCUT2D eigenvalue weighted by Crippen LogP contribution is -2.26. The van der Waals surface area contributed by atoms with Crippen molar-refractivity contribution in [3.05, 3.63) is 187 Å². The van der Waals surface area contributed by atoms with E-state index in [4.69, 9.17) is 4.42 Å². The maximum Gasteiger partial charge on any atom is 0.135 e. The van der Waals surface area contributed by atoms with Crippen LogP contribution in [0.4, 0.5) is 51.2 Å². The summed E-state index contributed by atoms with van der Waals surface area (Å²) in [6.07, 6.45) is 3.17. The summed E-state index contributed by atoms with van der Waals surface area (Å²) in [6, 6.07) is 62.7. The van der Waals surface area contributed by atoms with E-state index in [0.29, 0.717) is 5.92 Å². The van der Waals surface area contributed by atoms with Crippen LogP contribution in [0.5, 0.6) is 0 Å². The highest BCUT2D eigenvalue weighted by Gasteiger charge is 2.36. The SMILES string of the molecule is c1ccc2c(c1)CC1CCc3c(cccc3N(c3ccc4oc5ccc(N6c7ccccc7N7c8ccccc8Sc8cccc6c87)cc5c4c3)c3ccccc31)S2. The zero-order chi connectivity index (χ0) is 37.9. The van der Waals surface area contributed by atoms with Gasteiger partial charge < -0.3 is 19.1 Å². The van der Waals surface area contributed by atoms with Crippen LogP contribution in [0.2, 0.25) is 0 Å². The van der Waals surface area contributed by atoms with E-state index in [1.165, 1.54) is 70.4 Å². The minimum atomic E-state index is 0.403. The van der Waals surface area contributed by atoms with Crippen LogP contribution in [0.25, 0.3) is 21.9 Å². The summed E-state index contributed by atoms with van der Waals surface area (Å²) in [7, 11) is 0. The molecule has 13 rings (SSSR count). The first-order chi connectivity index (χ1) is 28.7. The van der Waals surface area contributed by atoms with Gasteiger partial charge in [-0.25, -0.2) is 0 Å². The Morgan fingerprint density at radius 3 is 1.81 bits per heavy atom. The quantitative estimate of drug-likeness (QED) is 0.173. The molecule has 9 aromatic rings. The number of rotatable bonds is 2. The topological polar surface area (TPSA) is 22.9 Å². The lowest BCUT2D eigenvalue weighted by Gasteiger charge is -2.43. The van der Waals surface area contributed by atoms with Crippen molar-refractivity contribution in [3.63, 3.8) is 0 Å². The lowest BCUT2D eigenvalue weighted by atomic mass is 9.84. The van der Waals surface area contributed by atoms with Crippen LogP contribution in [0.15, 0.2) is 194 Å². The molecule has 4 nitrogen and oxygen atoms in total. The molecule has 276 valence electrons. The van der Waals surface area contributed by atoms with E-state index in [0.717, 1.165) is 58.3 Å². The number of hydrogen-bond donors (Lipinski definition) is 0. The van der Waals surface area contributed by atoms with E-state index in [1.54, 1.807) is 0 Å². The molecule has 8 aromatic carbocycles. The van der Waals surface area contributed by atoms with Gasteiger partial charge in [-0.05, 0) is 139 Å². The fourth-order valence-electron chi connectivity index (χ4n) is 9.89. The number of hydrogen-bond acceptors (Lipinski definition) is 6. The van der Waals surface area contributed by atoms with Crippen LogP contribution in [0.3, 0.4) is 0 Å². The maximum absolute atomic E-state index is 6.62. The van der Waals surface area contributed by atoms with Crippen molar-refractivity contribution < 1.29 is 4.42 Å². The van der Waals surface area contributed by atoms with Gasteiger partial charge in [0.25, 0.3) is 0 Å². The fraction of sp³-hybridized carbons (Fsp3) is 0.0769. The second-order valence-corrected chi connectivity index (χ2v) is 17.8. The average Bonchev–Trinajstić information content (AvgIpc) is 3.66. The molecule has 1 unspecified atom stereocenters. The van der Waals surface area contributed by atoms with Crippen molar-refractivity contribution in [2.75, 3.05) is 14.7 Å². The summed E-state index contributed by atoms with van der Waals surface area (Å²) < 4.78 is 6.62. The minimum absolute atomic E-state index is 0.403. The molecule has 0 saturated heterocycles. The summed E-state index contributed by atoms with van der Waals surface area (Å²) in [6.45, 7) is 0. The Morgan fingerprint density at radius 1 is 0.448 bits per heavy atom. The molecule has 1 atom stereocenters. The van der Waals surface area contributed by atoms with Crippen LogP contribution in [0, 0.1) is 0 Å². The van der Waals surface area contributed by atoms with E-state index >= 15 is 0 Å². The predicted molar refractivity (Wildman–Crippen MR) is 241 cm³/mol. The lowest BCUT2D eigenvalue weighted by molar-refractivity contribution is 0.612. The zero-order valence-electron chi connectivity index (χ0n) is 31.4. The second-order valence-electron chi connectivity index (χ2n) is 15.6. The molecule has 6 heteroatoms. The predicted octanol–water partition coefficient (Wildman–Crippen LogP) is 15.5. The first-order valence-electron chi connectivity index (χ1n) is 20.1. The van der Waals surface area contributed by atoms with Crippen LogP contribution in [0.1, 0.15) is 29.0 Å². The van der Waals surface area contributed by atoms with Crippen molar-refractivity contribution in [3.8, 4) is 0 Å². The van der Waals surface area contributed by atoms with E-state index in [2.05, 4.69) is 185 Å². The molecular formula is C52H35N3OS2. The Morgan fingerprint density at radius 2 is 1.02 bits per heavy atom. The van der Waals surface area contributed by atoms with Gasteiger partial charge >= 0.3 is 0 Å². The first-order valence-corrected chi connectivity index (χ1v) is 21.7. The van der Waals surface area contributed by atoms with Crippen LogP contribution in [-0.2, 0) is 12.8 Å². The van der Waals surface area contributed by atoms with E-state index in [9.17, 15) is 0 Å². The second kappa shape index (κ2) is 12.6. The maximum atomic E-state index is 6.62. The third-order valence-corrected chi connectivity index (χ3v) is 14.8. The zero-order valence-corrected chi connectivity index (χ0v) is 33.1. The minimum Gasteiger partial charge on any atom is -0.456 e. The van der Waals surface area contributed by atoms with Gasteiger partial charge in [-0.1, -0.05) is 96.3 Å². The molecule has 0 fully saturated rings. The molecular weight excluding hydrogens is 747 g/mol. The molecule has 2 bridgehead atoms. The highest BCUT2D eigenvalue weighted by atomic mass is 32.2. The monoisotopic (exact) mass is 781 g/mol. The molecule has 0 radical (unpaired) electrons. The molecule has 0 aliphatic carbocycles. The number of fused-ring (bicyclic) bond motifs is 12. The number of anilines is 9. The van der Waals surface area contributed by atoms with Gasteiger partial charge in [0.15, 0.2) is 0 Å². The first kappa shape index (κ1) is 32.7. The Kier molecular flexibility index (Phi) is 7.10. The number of para-hydroxylation sites is 5. The van der Waals surface area contributed by atoms with Gasteiger partial charge in [-0.15, -0.1) is 0 Å².